The smallest absolute Gasteiger partial charge is 0.256 e. The van der Waals surface area contributed by atoms with E-state index in [1.807, 2.05) is 30.5 Å². The average Bonchev–Trinajstić information content (AvgIpc) is 3.00. The molecule has 0 aliphatic carbocycles. The largest absolute Gasteiger partial charge is 0.320 e. The number of halogens is 1. The molecule has 0 bridgehead atoms. The van der Waals surface area contributed by atoms with E-state index in [0.717, 1.165) is 21.3 Å². The lowest BCUT2D eigenvalue weighted by Gasteiger charge is -2.03. The van der Waals surface area contributed by atoms with E-state index in [2.05, 4.69) is 21.2 Å². The van der Waals surface area contributed by atoms with Crippen LogP contribution in [0.1, 0.15) is 20.8 Å². The van der Waals surface area contributed by atoms with Gasteiger partial charge in [0.15, 0.2) is 5.78 Å². The van der Waals surface area contributed by atoms with Crippen LogP contribution in [0.4, 0.5) is 5.69 Å². The van der Waals surface area contributed by atoms with Crippen molar-refractivity contribution in [3.05, 3.63) is 56.2 Å². The number of nitrogens with one attached hydrogen (secondary N) is 1. The van der Waals surface area contributed by atoms with Gasteiger partial charge in [-0.2, -0.15) is 0 Å². The lowest BCUT2D eigenvalue weighted by atomic mass is 10.0. The normalized spacial score (nSPS) is 15.3. The van der Waals surface area contributed by atoms with Gasteiger partial charge in [-0.15, -0.1) is 11.3 Å². The lowest BCUT2D eigenvalue weighted by molar-refractivity contribution is -0.110. The number of carbonyl (C=O) groups is 2. The summed E-state index contributed by atoms with van der Waals surface area (Å²) in [6.07, 6.45) is 1.42. The summed E-state index contributed by atoms with van der Waals surface area (Å²) in [6.45, 7) is 1.95. The minimum Gasteiger partial charge on any atom is -0.320 e. The van der Waals surface area contributed by atoms with Crippen LogP contribution in [-0.2, 0) is 4.79 Å². The molecule has 2 aromatic rings. The number of anilines is 1. The van der Waals surface area contributed by atoms with Gasteiger partial charge in [-0.1, -0.05) is 6.07 Å². The van der Waals surface area contributed by atoms with Gasteiger partial charge < -0.3 is 5.32 Å². The molecule has 3 rings (SSSR count). The Kier molecular flexibility index (Phi) is 3.31. The monoisotopic (exact) mass is 347 g/mol. The Morgan fingerprint density at radius 2 is 2.20 bits per heavy atom. The molecule has 1 aliphatic heterocycles. The quantitative estimate of drug-likeness (QED) is 0.658. The van der Waals surface area contributed by atoms with Gasteiger partial charge >= 0.3 is 0 Å². The molecule has 1 N–H and O–H groups in total. The van der Waals surface area contributed by atoms with Crippen LogP contribution in [0.5, 0.6) is 0 Å². The standard InChI is InChI=1S/C15H10BrNO2S/c1-8-5-9-10(7-12(18)13-3-2-4-20-13)15(19)17-14(9)11(16)6-8/h2-7H,1H3,(H,17,19)/b10-7+. The second-order valence-electron chi connectivity index (χ2n) is 4.52. The minimum absolute atomic E-state index is 0.143. The molecule has 0 saturated heterocycles. The molecule has 0 saturated carbocycles. The fourth-order valence-corrected chi connectivity index (χ4v) is 3.46. The summed E-state index contributed by atoms with van der Waals surface area (Å²) in [6, 6.07) is 7.42. The van der Waals surface area contributed by atoms with Gasteiger partial charge in [0.05, 0.1) is 16.1 Å². The summed E-state index contributed by atoms with van der Waals surface area (Å²) in [5.41, 5.74) is 2.95. The Balaban J connectivity index is 2.09. The number of rotatable bonds is 2. The fraction of sp³-hybridized carbons (Fsp3) is 0.0667. The Morgan fingerprint density at radius 3 is 2.90 bits per heavy atom. The van der Waals surface area contributed by atoms with Crippen molar-refractivity contribution >= 4 is 50.2 Å². The maximum absolute atomic E-state index is 12.1. The number of benzene rings is 1. The first kappa shape index (κ1) is 13.3. The SMILES string of the molecule is Cc1cc(Br)c2c(c1)/C(=C\C(=O)c1cccs1)C(=O)N2. The molecule has 20 heavy (non-hydrogen) atoms. The third kappa shape index (κ3) is 2.23. The van der Waals surface area contributed by atoms with Crippen molar-refractivity contribution in [2.75, 3.05) is 5.32 Å². The van der Waals surface area contributed by atoms with Gasteiger partial charge in [0.25, 0.3) is 5.91 Å². The molecule has 1 amide bonds. The number of hydrogen-bond donors (Lipinski definition) is 1. The van der Waals surface area contributed by atoms with Crippen molar-refractivity contribution in [2.24, 2.45) is 0 Å². The van der Waals surface area contributed by atoms with Gasteiger partial charge in [0.1, 0.15) is 0 Å². The molecule has 0 spiro atoms. The zero-order valence-corrected chi connectivity index (χ0v) is 13.0. The molecule has 0 atom stereocenters. The first-order chi connectivity index (χ1) is 9.56. The van der Waals surface area contributed by atoms with E-state index in [0.29, 0.717) is 10.5 Å². The Morgan fingerprint density at radius 1 is 1.40 bits per heavy atom. The van der Waals surface area contributed by atoms with Gasteiger partial charge in [-0.25, -0.2) is 0 Å². The number of allylic oxidation sites excluding steroid dienone is 1. The third-order valence-corrected chi connectivity index (χ3v) is 4.56. The average molecular weight is 348 g/mol. The molecular formula is C15H10BrNO2S. The van der Waals surface area contributed by atoms with E-state index in [9.17, 15) is 9.59 Å². The van der Waals surface area contributed by atoms with Gasteiger partial charge in [0, 0.05) is 16.1 Å². The number of carbonyl (C=O) groups excluding carboxylic acids is 2. The maximum Gasteiger partial charge on any atom is 0.256 e. The van der Waals surface area contributed by atoms with E-state index in [1.165, 1.54) is 17.4 Å². The highest BCUT2D eigenvalue weighted by atomic mass is 79.9. The first-order valence-corrected chi connectivity index (χ1v) is 7.65. The number of hydrogen-bond acceptors (Lipinski definition) is 3. The van der Waals surface area contributed by atoms with E-state index in [-0.39, 0.29) is 11.7 Å². The minimum atomic E-state index is -0.240. The molecule has 0 radical (unpaired) electrons. The second kappa shape index (κ2) is 5.00. The molecule has 1 aromatic carbocycles. The Bertz CT molecular complexity index is 747. The highest BCUT2D eigenvalue weighted by Crippen LogP contribution is 2.38. The predicted octanol–water partition coefficient (Wildman–Crippen LogP) is 4.04. The third-order valence-electron chi connectivity index (χ3n) is 3.05. The summed E-state index contributed by atoms with van der Waals surface area (Å²) in [7, 11) is 0. The molecule has 3 nitrogen and oxygen atoms in total. The van der Waals surface area contributed by atoms with Crippen LogP contribution in [0.2, 0.25) is 0 Å². The number of fused-ring (bicyclic) bond motifs is 1. The number of thiophene rings is 1. The molecule has 5 heteroatoms. The van der Waals surface area contributed by atoms with Gasteiger partial charge in [-0.3, -0.25) is 9.59 Å². The van der Waals surface area contributed by atoms with Crippen LogP contribution in [0.25, 0.3) is 5.57 Å². The Labute approximate surface area is 128 Å². The first-order valence-electron chi connectivity index (χ1n) is 5.97. The summed E-state index contributed by atoms with van der Waals surface area (Å²) >= 11 is 4.80. The lowest BCUT2D eigenvalue weighted by Crippen LogP contribution is -2.05. The van der Waals surface area contributed by atoms with Gasteiger partial charge in [0.2, 0.25) is 0 Å². The van der Waals surface area contributed by atoms with Crippen LogP contribution in [0.15, 0.2) is 40.2 Å². The van der Waals surface area contributed by atoms with Gasteiger partial charge in [-0.05, 0) is 52.0 Å². The molecule has 1 aromatic heterocycles. The van der Waals surface area contributed by atoms with Crippen molar-refractivity contribution in [1.29, 1.82) is 0 Å². The van der Waals surface area contributed by atoms with E-state index >= 15 is 0 Å². The topological polar surface area (TPSA) is 46.2 Å². The molecular weight excluding hydrogens is 338 g/mol. The van der Waals surface area contributed by atoms with E-state index in [1.54, 1.807) is 6.07 Å². The second-order valence-corrected chi connectivity index (χ2v) is 6.33. The van der Waals surface area contributed by atoms with Crippen molar-refractivity contribution in [3.8, 4) is 0 Å². The van der Waals surface area contributed by atoms with E-state index in [4.69, 9.17) is 0 Å². The molecule has 0 fully saturated rings. The van der Waals surface area contributed by atoms with Crippen LogP contribution in [0, 0.1) is 6.92 Å². The number of amides is 1. The summed E-state index contributed by atoms with van der Waals surface area (Å²) in [5.74, 6) is -0.383. The van der Waals surface area contributed by atoms with Crippen LogP contribution in [-0.4, -0.2) is 11.7 Å². The van der Waals surface area contributed by atoms with Crippen molar-refractivity contribution in [3.63, 3.8) is 0 Å². The number of aryl methyl sites for hydroxylation is 1. The zero-order valence-electron chi connectivity index (χ0n) is 10.6. The molecule has 0 unspecified atom stereocenters. The molecule has 2 heterocycles. The van der Waals surface area contributed by atoms with Crippen molar-refractivity contribution < 1.29 is 9.59 Å². The van der Waals surface area contributed by atoms with Crippen molar-refractivity contribution in [1.82, 2.24) is 0 Å². The summed E-state index contributed by atoms with van der Waals surface area (Å²) in [5, 5.41) is 4.63. The van der Waals surface area contributed by atoms with Crippen LogP contribution in [0.3, 0.4) is 0 Å². The highest BCUT2D eigenvalue weighted by Gasteiger charge is 2.27. The number of ketones is 1. The summed E-state index contributed by atoms with van der Waals surface area (Å²) < 4.78 is 0.827. The van der Waals surface area contributed by atoms with Crippen LogP contribution >= 0.6 is 27.3 Å². The van der Waals surface area contributed by atoms with E-state index < -0.39 is 0 Å². The fourth-order valence-electron chi connectivity index (χ4n) is 2.15. The highest BCUT2D eigenvalue weighted by molar-refractivity contribution is 9.10. The molecule has 1 aliphatic rings. The zero-order chi connectivity index (χ0) is 14.3. The van der Waals surface area contributed by atoms with Crippen molar-refractivity contribution in [2.45, 2.75) is 6.92 Å². The summed E-state index contributed by atoms with van der Waals surface area (Å²) in [4.78, 5) is 24.8. The predicted molar refractivity (Wildman–Crippen MR) is 84.1 cm³/mol. The molecule has 100 valence electrons. The van der Waals surface area contributed by atoms with Crippen LogP contribution < -0.4 is 5.32 Å². The maximum atomic E-state index is 12.1. The Hall–Kier alpha value is -1.72.